The number of aromatic nitrogens is 4. The summed E-state index contributed by atoms with van der Waals surface area (Å²) < 4.78 is 7.09. The Balaban J connectivity index is 1.39. The number of hydrogen-bond donors (Lipinski definition) is 0. The molecule has 0 radical (unpaired) electrons. The third kappa shape index (κ3) is 4.19. The van der Waals surface area contributed by atoms with E-state index in [1.165, 1.54) is 0 Å². The quantitative estimate of drug-likeness (QED) is 0.758. The minimum Gasteiger partial charge on any atom is -0.378 e. The van der Waals surface area contributed by atoms with Crippen LogP contribution in [-0.2, 0) is 16.1 Å². The Morgan fingerprint density at radius 2 is 1.85 bits per heavy atom. The lowest BCUT2D eigenvalue weighted by atomic mass is 10.3. The van der Waals surface area contributed by atoms with Gasteiger partial charge in [0.15, 0.2) is 0 Å². The average molecular weight is 371 g/mol. The molecule has 4 rings (SSSR count). The first kappa shape index (κ1) is 17.7. The molecule has 1 amide bonds. The summed E-state index contributed by atoms with van der Waals surface area (Å²) in [5.74, 6) is 1.80. The van der Waals surface area contributed by atoms with Gasteiger partial charge < -0.3 is 19.4 Å². The predicted octanol–water partition coefficient (Wildman–Crippen LogP) is 0.167. The van der Waals surface area contributed by atoms with Gasteiger partial charge >= 0.3 is 0 Å². The fourth-order valence-corrected chi connectivity index (χ4v) is 3.42. The highest BCUT2D eigenvalue weighted by Gasteiger charge is 2.24. The number of amides is 1. The zero-order chi connectivity index (χ0) is 18.6. The van der Waals surface area contributed by atoms with Crippen LogP contribution in [0.25, 0.3) is 0 Å². The van der Waals surface area contributed by atoms with E-state index < -0.39 is 0 Å². The number of ether oxygens (including phenoxy) is 1. The average Bonchev–Trinajstić information content (AvgIpc) is 3.21. The molecule has 27 heavy (non-hydrogen) atoms. The summed E-state index contributed by atoms with van der Waals surface area (Å²) >= 11 is 0. The van der Waals surface area contributed by atoms with Crippen LogP contribution >= 0.6 is 0 Å². The molecule has 0 bridgehead atoms. The van der Waals surface area contributed by atoms with Crippen LogP contribution < -0.4 is 9.80 Å². The summed E-state index contributed by atoms with van der Waals surface area (Å²) in [6, 6.07) is 3.85. The fraction of sp³-hybridized carbons (Fsp3) is 0.556. The first-order valence-corrected chi connectivity index (χ1v) is 9.37. The van der Waals surface area contributed by atoms with E-state index >= 15 is 0 Å². The molecule has 2 aromatic heterocycles. The summed E-state index contributed by atoms with van der Waals surface area (Å²) in [5.41, 5.74) is 0.957. The van der Waals surface area contributed by atoms with E-state index in [2.05, 4.69) is 19.9 Å². The van der Waals surface area contributed by atoms with Crippen LogP contribution in [0.5, 0.6) is 0 Å². The normalized spacial score (nSPS) is 18.0. The summed E-state index contributed by atoms with van der Waals surface area (Å²) in [5, 5.41) is 4.10. The minimum absolute atomic E-state index is 0.0949. The van der Waals surface area contributed by atoms with E-state index in [4.69, 9.17) is 9.72 Å². The van der Waals surface area contributed by atoms with Crippen LogP contribution in [0.15, 0.2) is 24.5 Å². The van der Waals surface area contributed by atoms with E-state index in [1.807, 2.05) is 30.2 Å². The largest absolute Gasteiger partial charge is 0.378 e. The second kappa shape index (κ2) is 7.91. The van der Waals surface area contributed by atoms with Gasteiger partial charge in [0.2, 0.25) is 11.9 Å². The van der Waals surface area contributed by atoms with E-state index in [-0.39, 0.29) is 12.5 Å². The Bertz CT molecular complexity index is 766. The number of aryl methyl sites for hydroxylation is 1. The van der Waals surface area contributed by atoms with E-state index in [0.29, 0.717) is 13.1 Å². The highest BCUT2D eigenvalue weighted by atomic mass is 16.5. The summed E-state index contributed by atoms with van der Waals surface area (Å²) in [6.45, 7) is 8.26. The van der Waals surface area contributed by atoms with Crippen molar-refractivity contribution in [1.82, 2.24) is 24.6 Å². The molecule has 0 aliphatic carbocycles. The topological polar surface area (TPSA) is 79.6 Å². The number of rotatable bonds is 4. The van der Waals surface area contributed by atoms with Crippen LogP contribution in [0.3, 0.4) is 0 Å². The van der Waals surface area contributed by atoms with E-state index in [9.17, 15) is 4.79 Å². The molecule has 2 aromatic rings. The van der Waals surface area contributed by atoms with Crippen molar-refractivity contribution in [2.75, 3.05) is 62.3 Å². The van der Waals surface area contributed by atoms with Crippen molar-refractivity contribution in [3.63, 3.8) is 0 Å². The summed E-state index contributed by atoms with van der Waals surface area (Å²) in [7, 11) is 0. The van der Waals surface area contributed by atoms with Crippen molar-refractivity contribution in [2.45, 2.75) is 13.5 Å². The maximum atomic E-state index is 12.4. The second-order valence-corrected chi connectivity index (χ2v) is 6.84. The van der Waals surface area contributed by atoms with E-state index in [0.717, 1.165) is 56.9 Å². The monoisotopic (exact) mass is 371 g/mol. The molecular formula is C18H25N7O2. The smallest absolute Gasteiger partial charge is 0.244 e. The third-order valence-corrected chi connectivity index (χ3v) is 4.94. The van der Waals surface area contributed by atoms with Gasteiger partial charge in [0.1, 0.15) is 12.4 Å². The highest BCUT2D eigenvalue weighted by Crippen LogP contribution is 2.19. The maximum Gasteiger partial charge on any atom is 0.244 e. The van der Waals surface area contributed by atoms with E-state index in [1.54, 1.807) is 10.9 Å². The van der Waals surface area contributed by atoms with Gasteiger partial charge in [-0.1, -0.05) is 0 Å². The Hall–Kier alpha value is -2.68. The van der Waals surface area contributed by atoms with Crippen molar-refractivity contribution in [1.29, 1.82) is 0 Å². The first-order chi connectivity index (χ1) is 13.2. The molecule has 9 heteroatoms. The van der Waals surface area contributed by atoms with Gasteiger partial charge in [-0.25, -0.2) is 4.98 Å². The maximum absolute atomic E-state index is 12.4. The van der Waals surface area contributed by atoms with Crippen molar-refractivity contribution >= 4 is 17.7 Å². The first-order valence-electron chi connectivity index (χ1n) is 9.37. The molecule has 4 heterocycles. The lowest BCUT2D eigenvalue weighted by molar-refractivity contribution is -0.132. The molecule has 0 aromatic carbocycles. The zero-order valence-corrected chi connectivity index (χ0v) is 15.6. The lowest BCUT2D eigenvalue weighted by Crippen LogP contribution is -2.50. The van der Waals surface area contributed by atoms with Gasteiger partial charge in [0.05, 0.1) is 13.2 Å². The van der Waals surface area contributed by atoms with Gasteiger partial charge in [-0.05, 0) is 13.0 Å². The summed E-state index contributed by atoms with van der Waals surface area (Å²) in [6.07, 6.45) is 3.49. The molecule has 144 valence electrons. The zero-order valence-electron chi connectivity index (χ0n) is 15.6. The molecule has 2 aliphatic heterocycles. The molecule has 0 atom stereocenters. The molecule has 0 saturated carbocycles. The SMILES string of the molecule is Cc1cc(N2CCOCC2)nc(N2CCN(C(=O)Cn3cccn3)CC2)n1. The number of hydrogen-bond acceptors (Lipinski definition) is 7. The molecule has 0 unspecified atom stereocenters. The predicted molar refractivity (Wildman–Crippen MR) is 101 cm³/mol. The number of piperazine rings is 1. The molecule has 9 nitrogen and oxygen atoms in total. The fourth-order valence-electron chi connectivity index (χ4n) is 3.42. The standard InChI is InChI=1S/C18H25N7O2/c1-15-13-16(22-9-11-27-12-10-22)21-18(20-15)24-7-5-23(6-8-24)17(26)14-25-4-2-3-19-25/h2-4,13H,5-12,14H2,1H3. The molecule has 2 saturated heterocycles. The van der Waals surface area contributed by atoms with Crippen LogP contribution in [0, 0.1) is 6.92 Å². The number of carbonyl (C=O) groups is 1. The highest BCUT2D eigenvalue weighted by molar-refractivity contribution is 5.76. The number of morpholine rings is 1. The second-order valence-electron chi connectivity index (χ2n) is 6.84. The minimum atomic E-state index is 0.0949. The Kier molecular flexibility index (Phi) is 5.19. The number of nitrogens with zero attached hydrogens (tertiary/aromatic N) is 7. The Morgan fingerprint density at radius 1 is 1.07 bits per heavy atom. The Labute approximate surface area is 158 Å². The third-order valence-electron chi connectivity index (χ3n) is 4.94. The number of anilines is 2. The lowest BCUT2D eigenvalue weighted by Gasteiger charge is -2.35. The van der Waals surface area contributed by atoms with Gasteiger partial charge in [-0.15, -0.1) is 0 Å². The van der Waals surface area contributed by atoms with Crippen molar-refractivity contribution < 1.29 is 9.53 Å². The molecular weight excluding hydrogens is 346 g/mol. The molecule has 2 fully saturated rings. The van der Waals surface area contributed by atoms with Crippen molar-refractivity contribution in [3.05, 3.63) is 30.2 Å². The van der Waals surface area contributed by atoms with Crippen LogP contribution in [0.2, 0.25) is 0 Å². The van der Waals surface area contributed by atoms with Gasteiger partial charge in [0, 0.05) is 63.4 Å². The van der Waals surface area contributed by atoms with Crippen LogP contribution in [0.4, 0.5) is 11.8 Å². The summed E-state index contributed by atoms with van der Waals surface area (Å²) in [4.78, 5) is 28.1. The van der Waals surface area contributed by atoms with Crippen molar-refractivity contribution in [3.8, 4) is 0 Å². The van der Waals surface area contributed by atoms with Crippen molar-refractivity contribution in [2.24, 2.45) is 0 Å². The van der Waals surface area contributed by atoms with Gasteiger partial charge in [0.25, 0.3) is 0 Å². The Morgan fingerprint density at radius 3 is 2.56 bits per heavy atom. The number of carbonyl (C=O) groups excluding carboxylic acids is 1. The van der Waals surface area contributed by atoms with Gasteiger partial charge in [-0.2, -0.15) is 10.1 Å². The van der Waals surface area contributed by atoms with Crippen LogP contribution in [-0.4, -0.2) is 83.0 Å². The molecule has 2 aliphatic rings. The van der Waals surface area contributed by atoms with Crippen LogP contribution in [0.1, 0.15) is 5.69 Å². The van der Waals surface area contributed by atoms with Gasteiger partial charge in [-0.3, -0.25) is 9.48 Å². The molecule has 0 N–H and O–H groups in total. The molecule has 0 spiro atoms.